The van der Waals surface area contributed by atoms with Gasteiger partial charge in [-0.1, -0.05) is 164 Å². The number of piperidine rings is 1. The van der Waals surface area contributed by atoms with Gasteiger partial charge in [0.15, 0.2) is 0 Å². The Balaban J connectivity index is 0.000000117. The number of aryl methyl sites for hydroxylation is 2. The maximum Gasteiger partial charge on any atom is 0.259 e. The number of aromatic amines is 1. The SMILES string of the molecule is COCCN1CCN(c2cc(C)c3c(c2)CC(c2c(NC[C@@H](O)c4cccc(C)c4)cc[nH]c2=O)=N3)CC1.Nc1ccnc2c1c(-c1cccc(OCc3ccccc3)c1)cn2C1CC(CN2CCC2)C1.Nc1ccnc2c1c(-c1cccc(OCc3ccccc3)c1)cn2C1CC(CN2CCCC2)C1.Nc1ncnc2c1C(c1cccc(OCc3ccccc3)c1)CN2C1CC(CCC(=O)CN2CCCCC2)C1. The number of hydrogen-bond donors (Lipinski definition) is 6. The van der Waals surface area contributed by atoms with Gasteiger partial charge in [0.25, 0.3) is 5.56 Å². The van der Waals surface area contributed by atoms with Gasteiger partial charge in [0.1, 0.15) is 72.1 Å². The molecular weight excluding hydrogens is 1790 g/mol. The number of nitrogens with zero attached hydrogens (tertiary/aromatic N) is 13. The number of benzene rings is 8. The Labute approximate surface area is 845 Å². The molecular formula is C119H138N18O7. The molecule has 25 nitrogen and oxygen atoms in total. The summed E-state index contributed by atoms with van der Waals surface area (Å²) >= 11 is 0. The minimum atomic E-state index is -0.690. The lowest BCUT2D eigenvalue weighted by Gasteiger charge is -2.42. The summed E-state index contributed by atoms with van der Waals surface area (Å²) in [6.07, 6.45) is 27.9. The van der Waals surface area contributed by atoms with Crippen LogP contribution in [0.25, 0.3) is 44.3 Å². The van der Waals surface area contributed by atoms with E-state index >= 15 is 0 Å². The largest absolute Gasteiger partial charge is 0.489 e. The number of nitrogen functional groups attached to an aromatic ring is 3. The number of ketones is 1. The number of pyridine rings is 3. The van der Waals surface area contributed by atoms with Crippen LogP contribution in [0.4, 0.5) is 40.1 Å². The number of aromatic nitrogens is 7. The van der Waals surface area contributed by atoms with Gasteiger partial charge in [-0.05, 0) is 265 Å². The van der Waals surface area contributed by atoms with Crippen molar-refractivity contribution in [2.45, 2.75) is 160 Å². The number of anilines is 6. The number of Topliss-reactive ketones (excluding diaryl/α,β-unsaturated/α-hetero) is 1. The minimum absolute atomic E-state index is 0.103. The highest BCUT2D eigenvalue weighted by molar-refractivity contribution is 6.10. The number of carbonyl (C=O) groups excluding carboxylic acids is 1. The van der Waals surface area contributed by atoms with E-state index in [0.717, 1.165) is 225 Å². The molecule has 23 rings (SSSR count). The Bertz CT molecular complexity index is 6790. The van der Waals surface area contributed by atoms with Crippen molar-refractivity contribution in [3.63, 3.8) is 0 Å². The van der Waals surface area contributed by atoms with E-state index in [1.165, 1.54) is 115 Å². The first-order chi connectivity index (χ1) is 70.5. The van der Waals surface area contributed by atoms with Crippen molar-refractivity contribution in [2.75, 3.05) is 151 Å². The second-order valence-electron chi connectivity index (χ2n) is 41.0. The van der Waals surface area contributed by atoms with E-state index in [0.29, 0.717) is 92.6 Å². The number of aliphatic imine (C=N–C) groups is 1. The standard InChI is InChI=1S/C32H39N5O2.C30H37N5O3.C29H32N4O.C28H30N4O/c33-31-30-29(25-10-7-11-28(18-25)39-21-23-8-3-1-4-9-23)20-37(32(30)35-22-34-31)26-16-24(17-26)12-13-27(38)19-36-14-5-2-6-15-36;1-20-5-4-6-22(15-20)27(36)19-32-25-7-8-31-30(37)28(25)26-18-23-17-24(16-21(2)29(23)33-26)35-11-9-34(10-12-35)13-14-38-3;30-27-11-12-31-29-28(27)26(19-33(29)24-15-22(16-24)18-32-13-4-5-14-32)23-9-6-10-25(17-23)34-20-21-7-2-1-3-8-21;29-26-10-11-30-28-27(26)25(18-32(28)23-14-21(15-23)17-31-12-5-13-31)22-8-4-9-24(16-22)33-19-20-6-2-1-3-7-20/h1,3-4,7-11,18,22,24,26,29H,2,5-6,12-17,19-21H2,(H2,33,34,35);4-8,15-17,27,36H,9-14,18-19H2,1-3H3,(H2,31,32,37);1-3,6-12,17,19,22,24H,4-5,13-16,18,20H2,(H2,30,31);1-4,6-11,16,18,21,23H,5,12-15,17,19H2,(H2,29,30)/t;27-;;/m.1../s1. The molecule has 144 heavy (non-hydrogen) atoms. The molecule has 746 valence electrons. The molecule has 1 unspecified atom stereocenters. The fraction of sp³-hybridized carbons (Fsp3) is 0.387. The maximum atomic E-state index is 13.0. The lowest BCUT2D eigenvalue weighted by Crippen LogP contribution is -2.47. The van der Waals surface area contributed by atoms with Crippen LogP contribution in [0.5, 0.6) is 17.2 Å². The van der Waals surface area contributed by atoms with Gasteiger partial charge < -0.3 is 80.3 Å². The van der Waals surface area contributed by atoms with Crippen molar-refractivity contribution >= 4 is 73.6 Å². The molecule has 25 heteroatoms. The highest BCUT2D eigenvalue weighted by Gasteiger charge is 2.43. The Hall–Kier alpha value is -13.5. The number of H-pyrrole nitrogens is 1. The number of methoxy groups -OCH3 is 1. The van der Waals surface area contributed by atoms with Gasteiger partial charge >= 0.3 is 0 Å². The lowest BCUT2D eigenvalue weighted by atomic mass is 9.76. The van der Waals surface area contributed by atoms with Gasteiger partial charge in [0.2, 0.25) is 0 Å². The van der Waals surface area contributed by atoms with E-state index in [-0.39, 0.29) is 11.5 Å². The molecule has 6 aromatic heterocycles. The Morgan fingerprint density at radius 2 is 1.09 bits per heavy atom. The highest BCUT2D eigenvalue weighted by atomic mass is 16.5. The number of nitrogens with two attached hydrogens (primary N) is 3. The molecule has 12 heterocycles. The lowest BCUT2D eigenvalue weighted by molar-refractivity contribution is -0.120. The van der Waals surface area contributed by atoms with Gasteiger partial charge in [-0.15, -0.1) is 0 Å². The molecule has 9 aliphatic rings. The average Bonchev–Trinajstić information content (AvgIpc) is 1.60. The summed E-state index contributed by atoms with van der Waals surface area (Å²) < 4.78 is 28.3. The number of fused-ring (bicyclic) bond motifs is 4. The van der Waals surface area contributed by atoms with Crippen LogP contribution < -0.4 is 52.1 Å². The number of hydrogen-bond acceptors (Lipinski definition) is 22. The maximum absolute atomic E-state index is 13.0. The summed E-state index contributed by atoms with van der Waals surface area (Å²) in [6.45, 7) is 23.0. The Morgan fingerprint density at radius 3 is 1.66 bits per heavy atom. The molecule has 2 atom stereocenters. The molecule has 0 radical (unpaired) electrons. The quantitative estimate of drug-likeness (QED) is 0.0223. The Kier molecular flexibility index (Phi) is 31.3. The monoisotopic (exact) mass is 1930 g/mol. The van der Waals surface area contributed by atoms with Crippen molar-refractivity contribution in [1.82, 2.24) is 53.7 Å². The Morgan fingerprint density at radius 1 is 0.542 bits per heavy atom. The summed E-state index contributed by atoms with van der Waals surface area (Å²) in [5.74, 6) is 6.80. The number of aliphatic hydroxyl groups excluding tert-OH is 1. The minimum Gasteiger partial charge on any atom is -0.489 e. The first-order valence-electron chi connectivity index (χ1n) is 52.3. The molecule has 9 N–H and O–H groups in total. The fourth-order valence-electron chi connectivity index (χ4n) is 22.7. The third-order valence-corrected chi connectivity index (χ3v) is 30.9. The molecule has 3 aliphatic carbocycles. The van der Waals surface area contributed by atoms with E-state index in [1.54, 1.807) is 19.6 Å². The average molecular weight is 1930 g/mol. The first-order valence-corrected chi connectivity index (χ1v) is 52.3. The summed E-state index contributed by atoms with van der Waals surface area (Å²) in [7, 11) is 1.75. The van der Waals surface area contributed by atoms with E-state index in [2.05, 4.69) is 181 Å². The topological polar surface area (TPSA) is 290 Å². The number of rotatable bonds is 33. The van der Waals surface area contributed by atoms with Crippen molar-refractivity contribution in [3.05, 3.63) is 322 Å². The first kappa shape index (κ1) is 97.9. The van der Waals surface area contributed by atoms with E-state index in [1.807, 2.05) is 135 Å². The number of likely N-dealkylation sites (tertiary alicyclic amines) is 3. The van der Waals surface area contributed by atoms with Crippen LogP contribution in [0.3, 0.4) is 0 Å². The second kappa shape index (κ2) is 46.0. The van der Waals surface area contributed by atoms with Gasteiger partial charge in [-0.2, -0.15) is 0 Å². The molecule has 0 spiro atoms. The summed E-state index contributed by atoms with van der Waals surface area (Å²) in [5, 5.41) is 16.1. The molecule has 8 aromatic carbocycles. The third-order valence-electron chi connectivity index (χ3n) is 30.9. The van der Waals surface area contributed by atoms with Gasteiger partial charge in [0.05, 0.1) is 41.9 Å². The molecule has 3 saturated carbocycles. The smallest absolute Gasteiger partial charge is 0.259 e. The second-order valence-corrected chi connectivity index (χ2v) is 41.0. The van der Waals surface area contributed by atoms with Crippen molar-refractivity contribution in [2.24, 2.45) is 22.7 Å². The van der Waals surface area contributed by atoms with Crippen LogP contribution >= 0.6 is 0 Å². The number of carbonyl (C=O) groups is 1. The molecule has 0 amide bonds. The van der Waals surface area contributed by atoms with Crippen LogP contribution in [0.1, 0.15) is 170 Å². The van der Waals surface area contributed by atoms with Crippen LogP contribution in [-0.4, -0.2) is 195 Å². The molecule has 0 bridgehead atoms. The van der Waals surface area contributed by atoms with Crippen LogP contribution in [0.2, 0.25) is 0 Å². The van der Waals surface area contributed by atoms with Gasteiger partial charge in [0, 0.05) is 178 Å². The highest BCUT2D eigenvalue weighted by Crippen LogP contribution is 2.50. The molecule has 6 aliphatic heterocycles. The third kappa shape index (κ3) is 23.4. The zero-order valence-corrected chi connectivity index (χ0v) is 83.6. The summed E-state index contributed by atoms with van der Waals surface area (Å²) in [4.78, 5) is 66.7. The van der Waals surface area contributed by atoms with E-state index < -0.39 is 6.10 Å². The number of aliphatic hydroxyl groups is 1. The van der Waals surface area contributed by atoms with E-state index in [9.17, 15) is 14.7 Å². The van der Waals surface area contributed by atoms with Crippen LogP contribution in [0.15, 0.2) is 265 Å². The normalized spacial score (nSPS) is 20.0. The number of nitrogens with one attached hydrogen (secondary N) is 2. The number of ether oxygens (including phenoxy) is 4. The zero-order valence-electron chi connectivity index (χ0n) is 83.6. The number of piperazine rings is 1. The molecule has 4 saturated heterocycles. The van der Waals surface area contributed by atoms with Gasteiger partial charge in [-0.3, -0.25) is 24.4 Å². The zero-order chi connectivity index (χ0) is 98.4. The molecule has 14 aromatic rings. The van der Waals surface area contributed by atoms with Crippen LogP contribution in [-0.2, 0) is 35.8 Å². The fourth-order valence-corrected chi connectivity index (χ4v) is 22.7. The van der Waals surface area contributed by atoms with Crippen molar-refractivity contribution in [1.29, 1.82) is 0 Å². The van der Waals surface area contributed by atoms with E-state index in [4.69, 9.17) is 51.1 Å². The predicted octanol–water partition coefficient (Wildman–Crippen LogP) is 20.2. The predicted molar refractivity (Wildman–Crippen MR) is 578 cm³/mol. The summed E-state index contributed by atoms with van der Waals surface area (Å²) in [6, 6.07) is 75.1. The van der Waals surface area contributed by atoms with Gasteiger partial charge in [-0.25, -0.2) is 19.9 Å². The van der Waals surface area contributed by atoms with Crippen molar-refractivity contribution in [3.8, 4) is 39.5 Å². The van der Waals surface area contributed by atoms with Crippen LogP contribution in [0, 0.1) is 31.6 Å². The summed E-state index contributed by atoms with van der Waals surface area (Å²) in [5.41, 5.74) is 41.2. The van der Waals surface area contributed by atoms with Crippen molar-refractivity contribution < 1.29 is 28.8 Å². The molecule has 7 fully saturated rings.